The maximum absolute atomic E-state index is 12.9. The van der Waals surface area contributed by atoms with Crippen LogP contribution < -0.4 is 10.4 Å². The molecule has 0 spiro atoms. The molecule has 0 saturated carbocycles. The quantitative estimate of drug-likeness (QED) is 0.631. The monoisotopic (exact) mass is 499 g/mol. The maximum atomic E-state index is 12.9. The number of amides is 1. The van der Waals surface area contributed by atoms with Crippen LogP contribution >= 0.6 is 0 Å². The van der Waals surface area contributed by atoms with Crippen molar-refractivity contribution in [2.75, 3.05) is 26.3 Å². The Hall–Kier alpha value is -2.19. The number of hydrogen-bond acceptors (Lipinski definition) is 5. The van der Waals surface area contributed by atoms with E-state index in [1.807, 2.05) is 32.9 Å². The fourth-order valence-corrected chi connectivity index (χ4v) is 9.25. The van der Waals surface area contributed by atoms with Gasteiger partial charge in [0.25, 0.3) is 8.32 Å². The second-order valence-corrected chi connectivity index (χ2v) is 16.1. The first-order valence-corrected chi connectivity index (χ1v) is 14.2. The molecule has 0 unspecified atom stereocenters. The zero-order valence-corrected chi connectivity index (χ0v) is 23.2. The van der Waals surface area contributed by atoms with Crippen LogP contribution in [0.3, 0.4) is 0 Å². The number of hydrogen-bond donors (Lipinski definition) is 1. The molecule has 35 heavy (non-hydrogen) atoms. The molecule has 192 valence electrons. The molecule has 1 amide bonds. The first-order valence-electron chi connectivity index (χ1n) is 12.3. The molecule has 6 nitrogen and oxygen atoms in total. The maximum Gasteiger partial charge on any atom is 0.410 e. The van der Waals surface area contributed by atoms with Crippen LogP contribution in [-0.4, -0.2) is 68.0 Å². The third-order valence-electron chi connectivity index (χ3n) is 6.14. The third kappa shape index (κ3) is 6.73. The Balaban J connectivity index is 1.93. The van der Waals surface area contributed by atoms with Gasteiger partial charge in [-0.2, -0.15) is 0 Å². The highest BCUT2D eigenvalue weighted by Gasteiger charge is 2.50. The summed E-state index contributed by atoms with van der Waals surface area (Å²) in [5, 5.41) is 13.0. The van der Waals surface area contributed by atoms with Gasteiger partial charge < -0.3 is 23.9 Å². The summed E-state index contributed by atoms with van der Waals surface area (Å²) in [7, 11) is -2.75. The van der Waals surface area contributed by atoms with Crippen molar-refractivity contribution in [3.8, 4) is 0 Å². The summed E-state index contributed by atoms with van der Waals surface area (Å²) in [5.41, 5.74) is -1.81. The first kappa shape index (κ1) is 27.4. The zero-order valence-electron chi connectivity index (χ0n) is 22.2. The van der Waals surface area contributed by atoms with Gasteiger partial charge in [0.2, 0.25) is 0 Å². The lowest BCUT2D eigenvalue weighted by atomic mass is 10.1. The van der Waals surface area contributed by atoms with Gasteiger partial charge in [-0.25, -0.2) is 4.79 Å². The molecular weight excluding hydrogens is 458 g/mol. The lowest BCUT2D eigenvalue weighted by molar-refractivity contribution is -0.0522. The lowest BCUT2D eigenvalue weighted by Gasteiger charge is -2.43. The van der Waals surface area contributed by atoms with E-state index in [1.165, 1.54) is 15.3 Å². The molecule has 1 fully saturated rings. The molecule has 2 aromatic carbocycles. The fraction of sp³-hybridized carbons (Fsp3) is 0.536. The largest absolute Gasteiger partial charge is 0.444 e. The zero-order chi connectivity index (χ0) is 25.9. The SMILES string of the molecule is CC(C)(C)OC(=O)N1C[C@H](CO[Si](c2ccccc2)(c2ccccc2)C(C)(C)C)OC[C@](C)(O)C1. The summed E-state index contributed by atoms with van der Waals surface area (Å²) in [5.74, 6) is 0. The average molecular weight is 500 g/mol. The standard InChI is InChI=1S/C28H41NO5Si/c1-26(2,3)34-25(30)29-18-22(32-21-28(7,31)20-29)19-33-35(27(4,5)6,23-14-10-8-11-15-23)24-16-12-9-13-17-24/h8-17,22,31H,18-21H2,1-7H3/t22-,28-/m1/s1. The first-order chi connectivity index (χ1) is 16.2. The van der Waals surface area contributed by atoms with E-state index in [0.717, 1.165) is 0 Å². The Labute approximate surface area is 211 Å². The van der Waals surface area contributed by atoms with Crippen molar-refractivity contribution in [3.05, 3.63) is 60.7 Å². The normalized spacial score (nSPS) is 21.9. The van der Waals surface area contributed by atoms with E-state index >= 15 is 0 Å². The Morgan fingerprint density at radius 2 is 1.54 bits per heavy atom. The number of aliphatic hydroxyl groups is 1. The summed E-state index contributed by atoms with van der Waals surface area (Å²) in [6, 6.07) is 20.9. The van der Waals surface area contributed by atoms with Crippen molar-refractivity contribution in [1.82, 2.24) is 4.90 Å². The number of rotatable bonds is 5. The van der Waals surface area contributed by atoms with Crippen LogP contribution in [0.1, 0.15) is 48.5 Å². The third-order valence-corrected chi connectivity index (χ3v) is 11.1. The van der Waals surface area contributed by atoms with Gasteiger partial charge in [0.15, 0.2) is 0 Å². The molecule has 1 heterocycles. The van der Waals surface area contributed by atoms with Gasteiger partial charge >= 0.3 is 6.09 Å². The van der Waals surface area contributed by atoms with Crippen LogP contribution in [0.4, 0.5) is 4.79 Å². The van der Waals surface area contributed by atoms with Crippen molar-refractivity contribution in [1.29, 1.82) is 0 Å². The molecule has 0 aliphatic carbocycles. The van der Waals surface area contributed by atoms with E-state index < -0.39 is 31.7 Å². The van der Waals surface area contributed by atoms with Crippen molar-refractivity contribution < 1.29 is 23.8 Å². The molecule has 2 atom stereocenters. The van der Waals surface area contributed by atoms with Crippen molar-refractivity contribution >= 4 is 24.8 Å². The second kappa shape index (κ2) is 10.4. The predicted octanol–water partition coefficient (Wildman–Crippen LogP) is 3.95. The Bertz CT molecular complexity index is 927. The summed E-state index contributed by atoms with van der Waals surface area (Å²) < 4.78 is 18.7. The molecule has 0 radical (unpaired) electrons. The van der Waals surface area contributed by atoms with Crippen molar-refractivity contribution in [2.24, 2.45) is 0 Å². The van der Waals surface area contributed by atoms with Gasteiger partial charge in [0.1, 0.15) is 11.2 Å². The Morgan fingerprint density at radius 1 is 1.03 bits per heavy atom. The minimum atomic E-state index is -2.75. The number of carbonyl (C=O) groups excluding carboxylic acids is 1. The van der Waals surface area contributed by atoms with Crippen LogP contribution in [0.15, 0.2) is 60.7 Å². The van der Waals surface area contributed by atoms with Gasteiger partial charge in [0.05, 0.1) is 32.4 Å². The summed E-state index contributed by atoms with van der Waals surface area (Å²) in [6.45, 7) is 14.7. The number of nitrogens with zero attached hydrogens (tertiary/aromatic N) is 1. The highest BCUT2D eigenvalue weighted by Crippen LogP contribution is 2.37. The Morgan fingerprint density at radius 3 is 2.00 bits per heavy atom. The average Bonchev–Trinajstić information content (AvgIpc) is 2.92. The van der Waals surface area contributed by atoms with Gasteiger partial charge in [0, 0.05) is 0 Å². The van der Waals surface area contributed by atoms with E-state index in [1.54, 1.807) is 6.92 Å². The molecular formula is C28H41NO5Si. The van der Waals surface area contributed by atoms with E-state index in [4.69, 9.17) is 13.9 Å². The molecule has 1 aliphatic heterocycles. The summed E-state index contributed by atoms with van der Waals surface area (Å²) >= 11 is 0. The van der Waals surface area contributed by atoms with Gasteiger partial charge in [-0.05, 0) is 43.1 Å². The van der Waals surface area contributed by atoms with E-state index in [0.29, 0.717) is 6.61 Å². The fourth-order valence-electron chi connectivity index (χ4n) is 4.66. The van der Waals surface area contributed by atoms with Gasteiger partial charge in [-0.1, -0.05) is 81.4 Å². The number of β-amino-alcohol motifs (C(OH)–C–C–N with tert-alkyl or cyclic N) is 1. The molecule has 7 heteroatoms. The highest BCUT2D eigenvalue weighted by molar-refractivity contribution is 6.99. The molecule has 0 bridgehead atoms. The highest BCUT2D eigenvalue weighted by atomic mass is 28.4. The molecule has 1 aliphatic rings. The van der Waals surface area contributed by atoms with E-state index in [9.17, 15) is 9.90 Å². The Kier molecular flexibility index (Phi) is 8.16. The van der Waals surface area contributed by atoms with E-state index in [2.05, 4.69) is 69.3 Å². The number of carbonyl (C=O) groups is 1. The van der Waals surface area contributed by atoms with Crippen LogP contribution in [-0.2, 0) is 13.9 Å². The van der Waals surface area contributed by atoms with Crippen LogP contribution in [0.2, 0.25) is 5.04 Å². The summed E-state index contributed by atoms with van der Waals surface area (Å²) in [6.07, 6.45) is -0.864. The van der Waals surface area contributed by atoms with Crippen molar-refractivity contribution in [2.45, 2.75) is 70.8 Å². The van der Waals surface area contributed by atoms with Crippen LogP contribution in [0, 0.1) is 0 Å². The smallest absolute Gasteiger partial charge is 0.410 e. The lowest BCUT2D eigenvalue weighted by Crippen LogP contribution is -2.67. The minimum absolute atomic E-state index is 0.112. The van der Waals surface area contributed by atoms with Gasteiger partial charge in [-0.3, -0.25) is 0 Å². The van der Waals surface area contributed by atoms with E-state index in [-0.39, 0.29) is 24.7 Å². The molecule has 3 rings (SSSR count). The van der Waals surface area contributed by atoms with Gasteiger partial charge in [-0.15, -0.1) is 0 Å². The molecule has 1 N–H and O–H groups in total. The van der Waals surface area contributed by atoms with Crippen LogP contribution in [0.5, 0.6) is 0 Å². The summed E-state index contributed by atoms with van der Waals surface area (Å²) in [4.78, 5) is 14.4. The molecule has 2 aromatic rings. The van der Waals surface area contributed by atoms with Crippen LogP contribution in [0.25, 0.3) is 0 Å². The number of ether oxygens (including phenoxy) is 2. The topological polar surface area (TPSA) is 68.2 Å². The molecule has 1 saturated heterocycles. The predicted molar refractivity (Wildman–Crippen MR) is 142 cm³/mol. The molecule has 0 aromatic heterocycles. The minimum Gasteiger partial charge on any atom is -0.444 e. The second-order valence-electron chi connectivity index (χ2n) is 11.8. The number of benzene rings is 2. The van der Waals surface area contributed by atoms with Crippen molar-refractivity contribution in [3.63, 3.8) is 0 Å².